The first kappa shape index (κ1) is 10.9. The lowest BCUT2D eigenvalue weighted by atomic mass is 10.1. The summed E-state index contributed by atoms with van der Waals surface area (Å²) < 4.78 is 0. The third kappa shape index (κ3) is 5.22. The first-order valence-electron chi connectivity index (χ1n) is 4.50. The van der Waals surface area contributed by atoms with E-state index in [-0.39, 0.29) is 0 Å². The zero-order chi connectivity index (χ0) is 8.85. The molecule has 0 amide bonds. The Morgan fingerprint density at radius 2 is 1.73 bits per heavy atom. The van der Waals surface area contributed by atoms with E-state index in [4.69, 9.17) is 0 Å². The maximum absolute atomic E-state index is 2.35. The summed E-state index contributed by atoms with van der Waals surface area (Å²) in [5.74, 6) is 0.809. The van der Waals surface area contributed by atoms with E-state index in [1.807, 2.05) is 0 Å². The topological polar surface area (TPSA) is 6.48 Å². The van der Waals surface area contributed by atoms with Crippen LogP contribution >= 0.6 is 0 Å². The van der Waals surface area contributed by atoms with Crippen molar-refractivity contribution < 1.29 is 0 Å². The molecule has 0 N–H and O–H groups in total. The summed E-state index contributed by atoms with van der Waals surface area (Å²) in [4.78, 5) is 0. The van der Waals surface area contributed by atoms with Gasteiger partial charge in [-0.25, -0.2) is 10.0 Å². The van der Waals surface area contributed by atoms with Crippen LogP contribution in [-0.2, 0) is 0 Å². The number of hydrogen-bond donors (Lipinski definition) is 0. The summed E-state index contributed by atoms with van der Waals surface area (Å²) in [7, 11) is 4.20. The van der Waals surface area contributed by atoms with Crippen LogP contribution in [-0.4, -0.2) is 37.2 Å². The van der Waals surface area contributed by atoms with Crippen molar-refractivity contribution in [2.45, 2.75) is 27.2 Å². The first-order chi connectivity index (χ1) is 5.07. The van der Waals surface area contributed by atoms with Gasteiger partial charge in [-0.1, -0.05) is 20.8 Å². The van der Waals surface area contributed by atoms with Crippen molar-refractivity contribution in [3.8, 4) is 0 Å². The van der Waals surface area contributed by atoms with Gasteiger partial charge in [-0.05, 0) is 12.3 Å². The molecule has 0 aliphatic heterocycles. The highest BCUT2D eigenvalue weighted by atomic mass is 15.6. The number of hydrazine groups is 1. The fraction of sp³-hybridized carbons (Fsp3) is 1.00. The molecule has 0 fully saturated rings. The Bertz CT molecular complexity index is 89.6. The van der Waals surface area contributed by atoms with Gasteiger partial charge in [-0.15, -0.1) is 0 Å². The Balaban J connectivity index is 3.52. The average molecular weight is 158 g/mol. The van der Waals surface area contributed by atoms with Gasteiger partial charge >= 0.3 is 0 Å². The molecule has 0 atom stereocenters. The molecule has 0 spiro atoms. The van der Waals surface area contributed by atoms with Crippen molar-refractivity contribution in [2.24, 2.45) is 5.92 Å². The van der Waals surface area contributed by atoms with Crippen molar-refractivity contribution in [1.82, 2.24) is 10.0 Å². The predicted molar refractivity (Wildman–Crippen MR) is 50.4 cm³/mol. The molecule has 0 aliphatic rings. The maximum Gasteiger partial charge on any atom is 0.0135 e. The van der Waals surface area contributed by atoms with Crippen molar-refractivity contribution in [3.05, 3.63) is 0 Å². The standard InChI is InChI=1S/C9H22N2/c1-6-11(10(4)5)8-7-9(2)3/h9H,6-8H2,1-5H3. The van der Waals surface area contributed by atoms with Gasteiger partial charge in [0.2, 0.25) is 0 Å². The fourth-order valence-electron chi connectivity index (χ4n) is 1.05. The minimum atomic E-state index is 0.809. The molecule has 0 rings (SSSR count). The third-order valence-corrected chi connectivity index (χ3v) is 1.90. The van der Waals surface area contributed by atoms with Crippen LogP contribution in [0, 0.1) is 5.92 Å². The normalized spacial score (nSPS) is 12.0. The molecule has 0 radical (unpaired) electrons. The number of hydrogen-bond acceptors (Lipinski definition) is 2. The van der Waals surface area contributed by atoms with E-state index < -0.39 is 0 Å². The largest absolute Gasteiger partial charge is 0.248 e. The van der Waals surface area contributed by atoms with E-state index >= 15 is 0 Å². The molecule has 68 valence electrons. The molecule has 0 aromatic heterocycles. The molecule has 0 saturated heterocycles. The fourth-order valence-corrected chi connectivity index (χ4v) is 1.05. The van der Waals surface area contributed by atoms with E-state index in [0.717, 1.165) is 12.5 Å². The average Bonchev–Trinajstić information content (AvgIpc) is 1.87. The molecule has 0 bridgehead atoms. The van der Waals surface area contributed by atoms with Gasteiger partial charge < -0.3 is 0 Å². The van der Waals surface area contributed by atoms with E-state index in [1.54, 1.807) is 0 Å². The summed E-state index contributed by atoms with van der Waals surface area (Å²) in [6.07, 6.45) is 1.28. The smallest absolute Gasteiger partial charge is 0.0135 e. The highest BCUT2D eigenvalue weighted by molar-refractivity contribution is 4.51. The van der Waals surface area contributed by atoms with Gasteiger partial charge in [-0.2, -0.15) is 0 Å². The Morgan fingerprint density at radius 3 is 2.00 bits per heavy atom. The van der Waals surface area contributed by atoms with Gasteiger partial charge in [0.15, 0.2) is 0 Å². The van der Waals surface area contributed by atoms with E-state index in [1.165, 1.54) is 13.0 Å². The van der Waals surface area contributed by atoms with Crippen LogP contribution in [0.1, 0.15) is 27.2 Å². The Kier molecular flexibility index (Phi) is 5.51. The molecule has 11 heavy (non-hydrogen) atoms. The van der Waals surface area contributed by atoms with Crippen molar-refractivity contribution in [2.75, 3.05) is 27.2 Å². The van der Waals surface area contributed by atoms with Crippen LogP contribution in [0.15, 0.2) is 0 Å². The van der Waals surface area contributed by atoms with Crippen molar-refractivity contribution >= 4 is 0 Å². The Hall–Kier alpha value is -0.0800. The van der Waals surface area contributed by atoms with Gasteiger partial charge in [0.1, 0.15) is 0 Å². The first-order valence-corrected chi connectivity index (χ1v) is 4.50. The number of nitrogens with zero attached hydrogens (tertiary/aromatic N) is 2. The SMILES string of the molecule is CCN(CCC(C)C)N(C)C. The lowest BCUT2D eigenvalue weighted by molar-refractivity contribution is 0.0267. The van der Waals surface area contributed by atoms with Gasteiger partial charge in [0.25, 0.3) is 0 Å². The van der Waals surface area contributed by atoms with Crippen LogP contribution < -0.4 is 0 Å². The van der Waals surface area contributed by atoms with E-state index in [9.17, 15) is 0 Å². The maximum atomic E-state index is 2.35. The van der Waals surface area contributed by atoms with Crippen molar-refractivity contribution in [3.63, 3.8) is 0 Å². The van der Waals surface area contributed by atoms with Crippen molar-refractivity contribution in [1.29, 1.82) is 0 Å². The quantitative estimate of drug-likeness (QED) is 0.563. The van der Waals surface area contributed by atoms with Gasteiger partial charge in [0.05, 0.1) is 0 Å². The van der Waals surface area contributed by atoms with Crippen LogP contribution in [0.5, 0.6) is 0 Å². The van der Waals surface area contributed by atoms with Crippen LogP contribution in [0.3, 0.4) is 0 Å². The second-order valence-corrected chi connectivity index (χ2v) is 3.58. The Morgan fingerprint density at radius 1 is 1.18 bits per heavy atom. The second kappa shape index (κ2) is 5.56. The minimum Gasteiger partial charge on any atom is -0.248 e. The zero-order valence-electron chi connectivity index (χ0n) is 8.59. The molecular weight excluding hydrogens is 136 g/mol. The number of rotatable bonds is 5. The molecule has 0 aromatic carbocycles. The third-order valence-electron chi connectivity index (χ3n) is 1.90. The summed E-state index contributed by atoms with van der Waals surface area (Å²) in [5, 5.41) is 4.52. The highest BCUT2D eigenvalue weighted by Crippen LogP contribution is 2.02. The molecule has 2 nitrogen and oxygen atoms in total. The summed E-state index contributed by atoms with van der Waals surface area (Å²) >= 11 is 0. The zero-order valence-corrected chi connectivity index (χ0v) is 8.59. The molecular formula is C9H22N2. The van der Waals surface area contributed by atoms with Gasteiger partial charge in [0, 0.05) is 27.2 Å². The summed E-state index contributed by atoms with van der Waals surface area (Å²) in [6.45, 7) is 9.02. The highest BCUT2D eigenvalue weighted by Gasteiger charge is 2.04. The Labute approximate surface area is 71.1 Å². The monoisotopic (exact) mass is 158 g/mol. The van der Waals surface area contributed by atoms with E-state index in [2.05, 4.69) is 44.9 Å². The van der Waals surface area contributed by atoms with E-state index in [0.29, 0.717) is 0 Å². The minimum absolute atomic E-state index is 0.809. The molecule has 0 saturated carbocycles. The lowest BCUT2D eigenvalue weighted by Gasteiger charge is -2.27. The summed E-state index contributed by atoms with van der Waals surface area (Å²) in [5.41, 5.74) is 0. The molecule has 0 aliphatic carbocycles. The van der Waals surface area contributed by atoms with Crippen LogP contribution in [0.25, 0.3) is 0 Å². The second-order valence-electron chi connectivity index (χ2n) is 3.58. The van der Waals surface area contributed by atoms with Crippen LogP contribution in [0.2, 0.25) is 0 Å². The molecule has 2 heteroatoms. The lowest BCUT2D eigenvalue weighted by Crippen LogP contribution is -2.37. The molecule has 0 heterocycles. The molecule has 0 aromatic rings. The molecule has 0 unspecified atom stereocenters. The van der Waals surface area contributed by atoms with Gasteiger partial charge in [-0.3, -0.25) is 0 Å². The summed E-state index contributed by atoms with van der Waals surface area (Å²) in [6, 6.07) is 0. The van der Waals surface area contributed by atoms with Crippen LogP contribution in [0.4, 0.5) is 0 Å². The predicted octanol–water partition coefficient (Wildman–Crippen LogP) is 1.83.